The minimum absolute atomic E-state index is 0. The zero-order valence-electron chi connectivity index (χ0n) is 13.1. The lowest BCUT2D eigenvalue weighted by Crippen LogP contribution is -2.36. The third-order valence-corrected chi connectivity index (χ3v) is 3.90. The van der Waals surface area contributed by atoms with Gasteiger partial charge in [-0.3, -0.25) is 9.59 Å². The Morgan fingerprint density at radius 1 is 1.39 bits per heavy atom. The second-order valence-corrected chi connectivity index (χ2v) is 6.16. The van der Waals surface area contributed by atoms with Gasteiger partial charge in [0.25, 0.3) is 5.91 Å². The number of nitrogens with one attached hydrogen (secondary N) is 2. The molecule has 1 saturated carbocycles. The molecule has 23 heavy (non-hydrogen) atoms. The lowest BCUT2D eigenvalue weighted by Gasteiger charge is -2.15. The summed E-state index contributed by atoms with van der Waals surface area (Å²) in [6.07, 6.45) is 3.74. The maximum absolute atomic E-state index is 12.3. The van der Waals surface area contributed by atoms with Crippen LogP contribution in [0.5, 0.6) is 0 Å². The molecule has 5 nitrogen and oxygen atoms in total. The van der Waals surface area contributed by atoms with Crippen LogP contribution in [-0.4, -0.2) is 24.4 Å². The molecule has 1 aromatic rings. The van der Waals surface area contributed by atoms with Crippen LogP contribution < -0.4 is 16.4 Å². The molecule has 1 aliphatic carbocycles. The van der Waals surface area contributed by atoms with E-state index in [0.717, 1.165) is 19.3 Å². The van der Waals surface area contributed by atoms with Crippen LogP contribution in [-0.2, 0) is 4.79 Å². The fourth-order valence-electron chi connectivity index (χ4n) is 2.14. The molecule has 0 aliphatic heterocycles. The van der Waals surface area contributed by atoms with E-state index in [9.17, 15) is 9.59 Å². The highest BCUT2D eigenvalue weighted by atomic mass is 35.5. The Kier molecular flexibility index (Phi) is 7.82. The van der Waals surface area contributed by atoms with Gasteiger partial charge in [0.15, 0.2) is 0 Å². The maximum atomic E-state index is 12.3. The average molecular weight is 360 g/mol. The van der Waals surface area contributed by atoms with Crippen molar-refractivity contribution in [2.45, 2.75) is 38.6 Å². The zero-order valence-corrected chi connectivity index (χ0v) is 14.7. The van der Waals surface area contributed by atoms with E-state index in [2.05, 4.69) is 10.6 Å². The first-order chi connectivity index (χ1) is 10.5. The van der Waals surface area contributed by atoms with Gasteiger partial charge in [-0.05, 0) is 43.4 Å². The fourth-order valence-corrected chi connectivity index (χ4v) is 2.31. The Bertz CT molecular complexity index is 562. The van der Waals surface area contributed by atoms with Crippen molar-refractivity contribution in [3.63, 3.8) is 0 Å². The van der Waals surface area contributed by atoms with E-state index < -0.39 is 6.04 Å². The zero-order chi connectivity index (χ0) is 16.1. The van der Waals surface area contributed by atoms with Crippen LogP contribution in [0.25, 0.3) is 0 Å². The van der Waals surface area contributed by atoms with E-state index in [0.29, 0.717) is 35.2 Å². The first-order valence-corrected chi connectivity index (χ1v) is 8.03. The second-order valence-electron chi connectivity index (χ2n) is 5.73. The Hall–Kier alpha value is -1.30. The van der Waals surface area contributed by atoms with E-state index in [1.165, 1.54) is 0 Å². The van der Waals surface area contributed by atoms with Crippen LogP contribution in [0.3, 0.4) is 0 Å². The number of nitrogens with two attached hydrogens (primary N) is 1. The van der Waals surface area contributed by atoms with E-state index in [1.807, 2.05) is 6.92 Å². The quantitative estimate of drug-likeness (QED) is 0.699. The molecule has 0 saturated heterocycles. The number of hydrogen-bond acceptors (Lipinski definition) is 3. The summed E-state index contributed by atoms with van der Waals surface area (Å²) in [6, 6.07) is 4.25. The molecule has 2 rings (SSSR count). The van der Waals surface area contributed by atoms with E-state index in [4.69, 9.17) is 17.3 Å². The van der Waals surface area contributed by atoms with Gasteiger partial charge in [0.1, 0.15) is 0 Å². The summed E-state index contributed by atoms with van der Waals surface area (Å²) < 4.78 is 0. The molecule has 4 N–H and O–H groups in total. The third kappa shape index (κ3) is 6.01. The predicted molar refractivity (Wildman–Crippen MR) is 95.3 cm³/mol. The fraction of sp³-hybridized carbons (Fsp3) is 0.500. The number of amides is 2. The number of rotatable bonds is 7. The summed E-state index contributed by atoms with van der Waals surface area (Å²) in [5.41, 5.74) is 6.60. The Labute approximate surface area is 147 Å². The highest BCUT2D eigenvalue weighted by molar-refractivity contribution is 6.31. The molecule has 128 valence electrons. The average Bonchev–Trinajstić information content (AvgIpc) is 3.31. The summed E-state index contributed by atoms with van der Waals surface area (Å²) in [5.74, 6) is 0.0633. The van der Waals surface area contributed by atoms with Gasteiger partial charge in [-0.25, -0.2) is 0 Å². The Morgan fingerprint density at radius 2 is 2.09 bits per heavy atom. The molecule has 7 heteroatoms. The number of benzene rings is 1. The molecule has 0 radical (unpaired) electrons. The van der Waals surface area contributed by atoms with Gasteiger partial charge in [-0.1, -0.05) is 24.9 Å². The summed E-state index contributed by atoms with van der Waals surface area (Å²) in [6.45, 7) is 2.63. The molecule has 2 amide bonds. The Balaban J connectivity index is 0.00000264. The van der Waals surface area contributed by atoms with Crippen molar-refractivity contribution in [2.24, 2.45) is 11.7 Å². The summed E-state index contributed by atoms with van der Waals surface area (Å²) in [4.78, 5) is 24.3. The van der Waals surface area contributed by atoms with Crippen LogP contribution in [0.1, 0.15) is 43.0 Å². The second kappa shape index (κ2) is 9.11. The molecule has 0 bridgehead atoms. The van der Waals surface area contributed by atoms with Crippen molar-refractivity contribution in [1.29, 1.82) is 0 Å². The van der Waals surface area contributed by atoms with Gasteiger partial charge in [-0.15, -0.1) is 12.4 Å². The molecular weight excluding hydrogens is 337 g/mol. The third-order valence-electron chi connectivity index (χ3n) is 3.67. The van der Waals surface area contributed by atoms with Crippen LogP contribution >= 0.6 is 24.0 Å². The lowest BCUT2D eigenvalue weighted by molar-refractivity contribution is -0.117. The van der Waals surface area contributed by atoms with E-state index >= 15 is 0 Å². The number of carbonyl (C=O) groups is 2. The lowest BCUT2D eigenvalue weighted by atomic mass is 10.1. The van der Waals surface area contributed by atoms with Gasteiger partial charge < -0.3 is 16.4 Å². The van der Waals surface area contributed by atoms with Gasteiger partial charge >= 0.3 is 0 Å². The molecule has 0 aromatic heterocycles. The summed E-state index contributed by atoms with van der Waals surface area (Å²) in [5, 5.41) is 6.05. The number of hydrogen-bond donors (Lipinski definition) is 3. The van der Waals surface area contributed by atoms with Crippen LogP contribution in [0, 0.1) is 5.92 Å². The van der Waals surface area contributed by atoms with Crippen LogP contribution in [0.15, 0.2) is 18.2 Å². The molecular formula is C16H23Cl2N3O2. The largest absolute Gasteiger partial charge is 0.352 e. The van der Waals surface area contributed by atoms with E-state index in [1.54, 1.807) is 18.2 Å². The van der Waals surface area contributed by atoms with E-state index in [-0.39, 0.29) is 24.2 Å². The standard InChI is InChI=1S/C16H22ClN3O2.ClH/c1-2-3-13(18)16(22)20-14-7-6-11(17)8-12(14)15(21)19-9-10-4-5-10;/h6-8,10,13H,2-5,9,18H2,1H3,(H,19,21)(H,20,22);1H. The number of anilines is 1. The molecule has 1 fully saturated rings. The molecule has 1 aromatic carbocycles. The molecule has 1 atom stereocenters. The highest BCUT2D eigenvalue weighted by Gasteiger charge is 2.23. The van der Waals surface area contributed by atoms with Crippen molar-refractivity contribution in [2.75, 3.05) is 11.9 Å². The van der Waals surface area contributed by atoms with Gasteiger partial charge in [0.05, 0.1) is 17.3 Å². The molecule has 1 aliphatic rings. The summed E-state index contributed by atoms with van der Waals surface area (Å²) >= 11 is 5.97. The Morgan fingerprint density at radius 3 is 2.70 bits per heavy atom. The smallest absolute Gasteiger partial charge is 0.253 e. The van der Waals surface area contributed by atoms with Crippen molar-refractivity contribution >= 4 is 41.5 Å². The molecule has 1 unspecified atom stereocenters. The number of halogens is 2. The van der Waals surface area contributed by atoms with Crippen molar-refractivity contribution in [3.8, 4) is 0 Å². The first-order valence-electron chi connectivity index (χ1n) is 7.65. The predicted octanol–water partition coefficient (Wildman–Crippen LogP) is 2.97. The van der Waals surface area contributed by atoms with Crippen LogP contribution in [0.2, 0.25) is 5.02 Å². The topological polar surface area (TPSA) is 84.2 Å². The maximum Gasteiger partial charge on any atom is 0.253 e. The van der Waals surface area contributed by atoms with Gasteiger partial charge in [0.2, 0.25) is 5.91 Å². The van der Waals surface area contributed by atoms with Crippen molar-refractivity contribution in [1.82, 2.24) is 5.32 Å². The monoisotopic (exact) mass is 359 g/mol. The normalized spacial score (nSPS) is 14.6. The minimum atomic E-state index is -0.581. The van der Waals surface area contributed by atoms with Gasteiger partial charge in [-0.2, -0.15) is 0 Å². The molecule has 0 heterocycles. The highest BCUT2D eigenvalue weighted by Crippen LogP contribution is 2.28. The first kappa shape index (κ1) is 19.7. The molecule has 0 spiro atoms. The van der Waals surface area contributed by atoms with Crippen molar-refractivity contribution < 1.29 is 9.59 Å². The SMILES string of the molecule is CCCC(N)C(=O)Nc1ccc(Cl)cc1C(=O)NCC1CC1.Cl. The summed E-state index contributed by atoms with van der Waals surface area (Å²) in [7, 11) is 0. The van der Waals surface area contributed by atoms with Crippen molar-refractivity contribution in [3.05, 3.63) is 28.8 Å². The van der Waals surface area contributed by atoms with Gasteiger partial charge in [0, 0.05) is 11.6 Å². The number of carbonyl (C=O) groups excluding carboxylic acids is 2. The van der Waals surface area contributed by atoms with Crippen LogP contribution in [0.4, 0.5) is 5.69 Å². The minimum Gasteiger partial charge on any atom is -0.352 e.